The second-order valence-corrected chi connectivity index (χ2v) is 10.1. The molecule has 37 heavy (non-hydrogen) atoms. The van der Waals surface area contributed by atoms with E-state index in [0.29, 0.717) is 17.0 Å². The summed E-state index contributed by atoms with van der Waals surface area (Å²) in [5.74, 6) is -10.5. The van der Waals surface area contributed by atoms with Crippen LogP contribution in [0.15, 0.2) is 28.8 Å². The number of hydrogen-bond acceptors (Lipinski definition) is 6. The summed E-state index contributed by atoms with van der Waals surface area (Å²) in [4.78, 5) is 13.4. The molecule has 3 N–H and O–H groups in total. The molecule has 200 valence electrons. The average molecular weight is 552 g/mol. The van der Waals surface area contributed by atoms with Gasteiger partial charge in [0.25, 0.3) is 5.92 Å². The minimum atomic E-state index is -4.12. The van der Waals surface area contributed by atoms with Gasteiger partial charge in [0.15, 0.2) is 11.4 Å². The Morgan fingerprint density at radius 3 is 2.41 bits per heavy atom. The fourth-order valence-corrected chi connectivity index (χ4v) is 4.87. The van der Waals surface area contributed by atoms with Gasteiger partial charge in [-0.2, -0.15) is 0 Å². The SMILES string of the molecule is CCS(=O)(=O)N[C@@H]1CN(C(=O)Nc2noc3ccc(F)c(-c4c(F)cc(F)cc4F)c23)[C@H](CO)C1(F)F. The van der Waals surface area contributed by atoms with Crippen molar-refractivity contribution in [3.63, 3.8) is 0 Å². The Balaban J connectivity index is 1.74. The molecule has 2 amide bonds. The highest BCUT2D eigenvalue weighted by molar-refractivity contribution is 7.89. The molecule has 1 aliphatic heterocycles. The number of amides is 2. The first-order valence-corrected chi connectivity index (χ1v) is 12.2. The fraction of sp³-hybridized carbons (Fsp3) is 0.333. The maximum Gasteiger partial charge on any atom is 0.323 e. The van der Waals surface area contributed by atoms with Crippen molar-refractivity contribution in [2.45, 2.75) is 24.9 Å². The van der Waals surface area contributed by atoms with Crippen LogP contribution >= 0.6 is 0 Å². The van der Waals surface area contributed by atoms with Gasteiger partial charge in [0.05, 0.1) is 23.3 Å². The van der Waals surface area contributed by atoms with Crippen molar-refractivity contribution in [2.24, 2.45) is 0 Å². The second kappa shape index (κ2) is 9.50. The third kappa shape index (κ3) is 4.71. The van der Waals surface area contributed by atoms with E-state index >= 15 is 0 Å². The van der Waals surface area contributed by atoms with E-state index in [1.165, 1.54) is 6.92 Å². The summed E-state index contributed by atoms with van der Waals surface area (Å²) in [5, 5.41) is 14.6. The number of sulfonamides is 1. The Bertz CT molecular complexity index is 1460. The van der Waals surface area contributed by atoms with Crippen LogP contribution in [-0.4, -0.2) is 66.5 Å². The van der Waals surface area contributed by atoms with E-state index in [-0.39, 0.29) is 5.58 Å². The van der Waals surface area contributed by atoms with Crippen molar-refractivity contribution >= 4 is 32.8 Å². The second-order valence-electron chi connectivity index (χ2n) is 8.10. The highest BCUT2D eigenvalue weighted by Gasteiger charge is 2.58. The van der Waals surface area contributed by atoms with E-state index in [0.717, 1.165) is 12.1 Å². The van der Waals surface area contributed by atoms with Crippen molar-refractivity contribution in [3.05, 3.63) is 47.5 Å². The number of alkyl halides is 2. The Hall–Kier alpha value is -3.37. The van der Waals surface area contributed by atoms with Crippen molar-refractivity contribution in [1.82, 2.24) is 14.8 Å². The van der Waals surface area contributed by atoms with Crippen LogP contribution in [0, 0.1) is 23.3 Å². The third-order valence-electron chi connectivity index (χ3n) is 5.87. The summed E-state index contributed by atoms with van der Waals surface area (Å²) in [5.41, 5.74) is -2.06. The summed E-state index contributed by atoms with van der Waals surface area (Å²) < 4.78 is 117. The van der Waals surface area contributed by atoms with E-state index in [1.807, 2.05) is 0 Å². The number of anilines is 1. The lowest BCUT2D eigenvalue weighted by atomic mass is 9.99. The number of nitrogens with zero attached hydrogens (tertiary/aromatic N) is 2. The van der Waals surface area contributed by atoms with Crippen LogP contribution in [0.25, 0.3) is 22.1 Å². The first-order valence-electron chi connectivity index (χ1n) is 10.6. The number of nitrogens with one attached hydrogen (secondary N) is 2. The van der Waals surface area contributed by atoms with Crippen molar-refractivity contribution in [1.29, 1.82) is 0 Å². The van der Waals surface area contributed by atoms with Gasteiger partial charge in [-0.3, -0.25) is 5.32 Å². The number of hydrogen-bond donors (Lipinski definition) is 3. The summed E-state index contributed by atoms with van der Waals surface area (Å²) in [6, 6.07) is -3.17. The lowest BCUT2D eigenvalue weighted by Crippen LogP contribution is -2.51. The topological polar surface area (TPSA) is 125 Å². The lowest BCUT2D eigenvalue weighted by molar-refractivity contribution is -0.0557. The molecule has 2 atom stereocenters. The molecule has 0 unspecified atom stereocenters. The minimum absolute atomic E-state index is 0.270. The fourth-order valence-electron chi connectivity index (χ4n) is 4.04. The van der Waals surface area contributed by atoms with Gasteiger partial charge in [-0.05, 0) is 19.1 Å². The number of aliphatic hydroxyl groups excluding tert-OH is 1. The predicted molar refractivity (Wildman–Crippen MR) is 117 cm³/mol. The Kier molecular flexibility index (Phi) is 6.85. The number of carbonyl (C=O) groups is 1. The zero-order chi connectivity index (χ0) is 27.3. The van der Waals surface area contributed by atoms with Gasteiger partial charge in [0, 0.05) is 24.2 Å². The number of aliphatic hydroxyl groups is 1. The molecule has 2 aromatic carbocycles. The van der Waals surface area contributed by atoms with Crippen LogP contribution in [-0.2, 0) is 10.0 Å². The molecule has 0 saturated carbocycles. The molecule has 0 aliphatic carbocycles. The number of urea groups is 1. The summed E-state index contributed by atoms with van der Waals surface area (Å²) >= 11 is 0. The van der Waals surface area contributed by atoms with Gasteiger partial charge in [0.2, 0.25) is 10.0 Å². The molecule has 9 nitrogen and oxygen atoms in total. The Labute approximate surface area is 205 Å². The van der Waals surface area contributed by atoms with Gasteiger partial charge in [-0.1, -0.05) is 5.16 Å². The van der Waals surface area contributed by atoms with Crippen molar-refractivity contribution in [2.75, 3.05) is 24.2 Å². The van der Waals surface area contributed by atoms with Crippen molar-refractivity contribution < 1.29 is 49.2 Å². The monoisotopic (exact) mass is 552 g/mol. The molecule has 0 spiro atoms. The molecule has 4 rings (SSSR count). The molecule has 0 radical (unpaired) electrons. The smallest absolute Gasteiger partial charge is 0.323 e. The normalized spacial score (nSPS) is 19.5. The van der Waals surface area contributed by atoms with Crippen LogP contribution in [0.3, 0.4) is 0 Å². The predicted octanol–water partition coefficient (Wildman–Crippen LogP) is 3.20. The number of carbonyl (C=O) groups excluding carboxylic acids is 1. The Morgan fingerprint density at radius 2 is 1.81 bits per heavy atom. The molecule has 1 aromatic heterocycles. The quantitative estimate of drug-likeness (QED) is 0.404. The van der Waals surface area contributed by atoms with Crippen LogP contribution in [0.1, 0.15) is 6.92 Å². The van der Waals surface area contributed by atoms with E-state index < -0.39 is 98.6 Å². The summed E-state index contributed by atoms with van der Waals surface area (Å²) in [6.07, 6.45) is 0. The molecular formula is C21H18F6N4O5S. The number of benzene rings is 2. The number of rotatable bonds is 6. The number of likely N-dealkylation sites (tertiary alicyclic amines) is 1. The van der Waals surface area contributed by atoms with Crippen LogP contribution < -0.4 is 10.0 Å². The third-order valence-corrected chi connectivity index (χ3v) is 7.27. The zero-order valence-electron chi connectivity index (χ0n) is 18.7. The van der Waals surface area contributed by atoms with Crippen LogP contribution in [0.2, 0.25) is 0 Å². The maximum absolute atomic E-state index is 14.8. The van der Waals surface area contributed by atoms with Crippen LogP contribution in [0.5, 0.6) is 0 Å². The van der Waals surface area contributed by atoms with E-state index in [2.05, 4.69) is 10.5 Å². The van der Waals surface area contributed by atoms with E-state index in [1.54, 1.807) is 4.72 Å². The molecule has 1 saturated heterocycles. The van der Waals surface area contributed by atoms with Crippen molar-refractivity contribution in [3.8, 4) is 11.1 Å². The van der Waals surface area contributed by atoms with Gasteiger partial charge < -0.3 is 14.5 Å². The average Bonchev–Trinajstić information content (AvgIpc) is 3.32. The molecule has 16 heteroatoms. The van der Waals surface area contributed by atoms with Crippen LogP contribution in [0.4, 0.5) is 37.0 Å². The number of aromatic nitrogens is 1. The summed E-state index contributed by atoms with van der Waals surface area (Å²) in [6.45, 7) is -0.916. The van der Waals surface area contributed by atoms with E-state index in [4.69, 9.17) is 4.52 Å². The number of fused-ring (bicyclic) bond motifs is 1. The van der Waals surface area contributed by atoms with Gasteiger partial charge in [0.1, 0.15) is 35.4 Å². The zero-order valence-corrected chi connectivity index (χ0v) is 19.6. The molecule has 1 fully saturated rings. The van der Waals surface area contributed by atoms with Gasteiger partial charge in [-0.15, -0.1) is 0 Å². The minimum Gasteiger partial charge on any atom is -0.394 e. The van der Waals surface area contributed by atoms with E-state index in [9.17, 15) is 44.7 Å². The Morgan fingerprint density at radius 1 is 1.16 bits per heavy atom. The maximum atomic E-state index is 14.8. The van der Waals surface area contributed by atoms with Gasteiger partial charge >= 0.3 is 6.03 Å². The number of halogens is 6. The van der Waals surface area contributed by atoms with Gasteiger partial charge in [-0.25, -0.2) is 44.3 Å². The molecule has 2 heterocycles. The molecule has 3 aromatic rings. The molecule has 1 aliphatic rings. The first-order chi connectivity index (χ1) is 17.3. The summed E-state index contributed by atoms with van der Waals surface area (Å²) in [7, 11) is -4.12. The molecule has 0 bridgehead atoms. The first kappa shape index (κ1) is 26.7. The highest BCUT2D eigenvalue weighted by Crippen LogP contribution is 2.40. The highest BCUT2D eigenvalue weighted by atomic mass is 32.2. The lowest BCUT2D eigenvalue weighted by Gasteiger charge is -2.26. The molecular weight excluding hydrogens is 534 g/mol. The largest absolute Gasteiger partial charge is 0.394 e. The standard InChI is InChI=1S/C21H18F6N4O5S/c1-2-37(34,35)30-14-7-31(15(8-32)21(14,26)27)20(33)28-19-18-13(36-29-19)4-3-10(23)17(18)16-11(24)5-9(22)6-12(16)25/h3-6,14-15,30,32H,2,7-8H2,1H3,(H,28,29,33)/t14-,15-/m1/s1.